The smallest absolute Gasteiger partial charge is 0.411 e. The summed E-state index contributed by atoms with van der Waals surface area (Å²) in [6.45, 7) is -1.57. The number of nitrogens with zero attached hydrogens (tertiary/aromatic N) is 6. The average Bonchev–Trinajstić information content (AvgIpc) is 3.57. The molecule has 36 heavy (non-hydrogen) atoms. The zero-order valence-electron chi connectivity index (χ0n) is 18.4. The Balaban J connectivity index is 1.44. The number of halogens is 4. The van der Waals surface area contributed by atoms with Gasteiger partial charge in [-0.3, -0.25) is 4.57 Å². The maximum absolute atomic E-state index is 12.6. The van der Waals surface area contributed by atoms with Gasteiger partial charge in [-0.2, -0.15) is 13.2 Å². The zero-order valence-corrected chi connectivity index (χ0v) is 19.2. The van der Waals surface area contributed by atoms with E-state index < -0.39 is 12.8 Å². The van der Waals surface area contributed by atoms with Gasteiger partial charge < -0.3 is 13.7 Å². The Morgan fingerprint density at radius 1 is 1.08 bits per heavy atom. The molecule has 0 bridgehead atoms. The number of rotatable bonds is 5. The quantitative estimate of drug-likeness (QED) is 0.301. The van der Waals surface area contributed by atoms with Crippen LogP contribution in [0, 0.1) is 0 Å². The van der Waals surface area contributed by atoms with Gasteiger partial charge in [0.1, 0.15) is 37.2 Å². The van der Waals surface area contributed by atoms with E-state index in [-0.39, 0.29) is 19.0 Å². The topological polar surface area (TPSA) is 83.8 Å². The standard InChI is InChI=1S/C24H16ClF3N6O2/c25-15-6-7-18-16(8-15)22-32-31-20(11-35-12-24(26,27)28)33(22)9-19-21(29-13-34(18)19)23-30-17(10-36-23)14-4-2-1-3-5-14/h1-8,10,13H,9,11-12H2. The fourth-order valence-corrected chi connectivity index (χ4v) is 4.32. The molecule has 5 aromatic rings. The highest BCUT2D eigenvalue weighted by molar-refractivity contribution is 6.31. The fourth-order valence-electron chi connectivity index (χ4n) is 4.15. The van der Waals surface area contributed by atoms with Crippen molar-refractivity contribution in [3.05, 3.63) is 77.7 Å². The number of ether oxygens (including phenoxy) is 1. The molecule has 0 saturated heterocycles. The van der Waals surface area contributed by atoms with Crippen molar-refractivity contribution in [2.75, 3.05) is 6.61 Å². The first-order chi connectivity index (χ1) is 17.4. The summed E-state index contributed by atoms with van der Waals surface area (Å²) in [6, 6.07) is 14.9. The van der Waals surface area contributed by atoms with Crippen molar-refractivity contribution in [1.29, 1.82) is 0 Å². The Labute approximate surface area is 207 Å². The molecule has 3 aromatic heterocycles. The maximum Gasteiger partial charge on any atom is 0.411 e. The van der Waals surface area contributed by atoms with E-state index in [1.54, 1.807) is 29.3 Å². The number of benzene rings is 2. The van der Waals surface area contributed by atoms with Crippen LogP contribution in [-0.2, 0) is 17.9 Å². The third kappa shape index (κ3) is 4.06. The van der Waals surface area contributed by atoms with Gasteiger partial charge in [-0.15, -0.1) is 10.2 Å². The molecule has 0 fully saturated rings. The molecule has 0 N–H and O–H groups in total. The second kappa shape index (κ2) is 8.61. The van der Waals surface area contributed by atoms with Crippen LogP contribution >= 0.6 is 11.6 Å². The molecule has 0 spiro atoms. The second-order valence-electron chi connectivity index (χ2n) is 8.11. The summed E-state index contributed by atoms with van der Waals surface area (Å²) >= 11 is 6.27. The molecule has 4 heterocycles. The number of imidazole rings is 1. The Morgan fingerprint density at radius 2 is 1.92 bits per heavy atom. The van der Waals surface area contributed by atoms with Crippen LogP contribution in [0.2, 0.25) is 5.02 Å². The summed E-state index contributed by atoms with van der Waals surface area (Å²) in [5.74, 6) is 0.993. The van der Waals surface area contributed by atoms with Crippen molar-refractivity contribution in [2.45, 2.75) is 19.3 Å². The second-order valence-corrected chi connectivity index (χ2v) is 8.55. The zero-order chi connectivity index (χ0) is 24.9. The highest BCUT2D eigenvalue weighted by Gasteiger charge is 2.30. The molecule has 0 amide bonds. The fraction of sp³-hybridized carbons (Fsp3) is 0.167. The predicted molar refractivity (Wildman–Crippen MR) is 123 cm³/mol. The van der Waals surface area contributed by atoms with Crippen molar-refractivity contribution in [2.24, 2.45) is 0 Å². The summed E-state index contributed by atoms with van der Waals surface area (Å²) in [5, 5.41) is 8.82. The van der Waals surface area contributed by atoms with Crippen LogP contribution in [0.4, 0.5) is 13.2 Å². The van der Waals surface area contributed by atoms with E-state index in [1.165, 1.54) is 0 Å². The molecule has 6 rings (SSSR count). The van der Waals surface area contributed by atoms with Gasteiger partial charge in [-0.1, -0.05) is 41.9 Å². The van der Waals surface area contributed by atoms with Crippen molar-refractivity contribution in [3.63, 3.8) is 0 Å². The van der Waals surface area contributed by atoms with Gasteiger partial charge in [0.2, 0.25) is 5.89 Å². The average molecular weight is 513 g/mol. The number of alkyl halides is 3. The van der Waals surface area contributed by atoms with Crippen LogP contribution in [0.25, 0.3) is 39.9 Å². The minimum absolute atomic E-state index is 0.192. The van der Waals surface area contributed by atoms with Crippen LogP contribution in [0.15, 0.2) is 65.5 Å². The van der Waals surface area contributed by atoms with Gasteiger partial charge in [-0.25, -0.2) is 9.97 Å². The lowest BCUT2D eigenvalue weighted by Gasteiger charge is -2.10. The van der Waals surface area contributed by atoms with Gasteiger partial charge in [-0.05, 0) is 18.2 Å². The highest BCUT2D eigenvalue weighted by atomic mass is 35.5. The van der Waals surface area contributed by atoms with Crippen molar-refractivity contribution in [1.82, 2.24) is 29.3 Å². The lowest BCUT2D eigenvalue weighted by Crippen LogP contribution is -2.18. The summed E-state index contributed by atoms with van der Waals surface area (Å²) in [6.07, 6.45) is -1.25. The molecule has 2 aromatic carbocycles. The maximum atomic E-state index is 12.6. The molecule has 1 aliphatic heterocycles. The lowest BCUT2D eigenvalue weighted by atomic mass is 10.1. The number of oxazole rings is 1. The summed E-state index contributed by atoms with van der Waals surface area (Å²) < 4.78 is 52.1. The Hall–Kier alpha value is -3.96. The number of fused-ring (bicyclic) bond motifs is 5. The summed E-state index contributed by atoms with van der Waals surface area (Å²) in [4.78, 5) is 9.18. The SMILES string of the molecule is FC(F)(F)COCc1nnc2n1Cc1c(-c3nc(-c4ccccc4)co3)ncn1-c1ccc(Cl)cc1-2. The van der Waals surface area contributed by atoms with Gasteiger partial charge in [0.15, 0.2) is 11.6 Å². The Bertz CT molecular complexity index is 1560. The molecule has 0 unspecified atom stereocenters. The molecule has 0 atom stereocenters. The molecule has 0 aliphatic carbocycles. The molecule has 0 saturated carbocycles. The largest absolute Gasteiger partial charge is 0.443 e. The highest BCUT2D eigenvalue weighted by Crippen LogP contribution is 2.36. The minimum atomic E-state index is -4.45. The third-order valence-corrected chi connectivity index (χ3v) is 5.97. The molecule has 1 aliphatic rings. The molecule has 0 radical (unpaired) electrons. The number of hydrogen-bond acceptors (Lipinski definition) is 6. The summed E-state index contributed by atoms with van der Waals surface area (Å²) in [5.41, 5.74) is 4.11. The van der Waals surface area contributed by atoms with Crippen LogP contribution < -0.4 is 0 Å². The van der Waals surface area contributed by atoms with Gasteiger partial charge in [0, 0.05) is 16.1 Å². The molecular weight excluding hydrogens is 497 g/mol. The monoisotopic (exact) mass is 512 g/mol. The van der Waals surface area contributed by atoms with Crippen molar-refractivity contribution in [3.8, 4) is 39.9 Å². The first kappa shape index (κ1) is 22.5. The Kier molecular flexibility index (Phi) is 5.38. The molecule has 8 nitrogen and oxygen atoms in total. The minimum Gasteiger partial charge on any atom is -0.443 e. The number of aromatic nitrogens is 6. The van der Waals surface area contributed by atoms with Crippen molar-refractivity contribution < 1.29 is 22.3 Å². The van der Waals surface area contributed by atoms with E-state index in [0.29, 0.717) is 39.4 Å². The first-order valence-electron chi connectivity index (χ1n) is 10.8. The number of hydrogen-bond donors (Lipinski definition) is 0. The molecule has 12 heteroatoms. The van der Waals surface area contributed by atoms with Crippen LogP contribution in [-0.4, -0.2) is 42.1 Å². The molecule has 182 valence electrons. The molecular formula is C24H16ClF3N6O2. The van der Waals surface area contributed by atoms with Gasteiger partial charge >= 0.3 is 6.18 Å². The van der Waals surface area contributed by atoms with Crippen LogP contribution in [0.3, 0.4) is 0 Å². The normalized spacial score (nSPS) is 12.7. The van der Waals surface area contributed by atoms with E-state index in [1.807, 2.05) is 41.0 Å². The van der Waals surface area contributed by atoms with E-state index in [4.69, 9.17) is 20.8 Å². The van der Waals surface area contributed by atoms with E-state index in [0.717, 1.165) is 11.3 Å². The van der Waals surface area contributed by atoms with Gasteiger partial charge in [0.25, 0.3) is 0 Å². The van der Waals surface area contributed by atoms with Gasteiger partial charge in [0.05, 0.1) is 17.9 Å². The third-order valence-electron chi connectivity index (χ3n) is 5.73. The summed E-state index contributed by atoms with van der Waals surface area (Å²) in [7, 11) is 0. The van der Waals surface area contributed by atoms with Crippen LogP contribution in [0.5, 0.6) is 0 Å². The first-order valence-corrected chi connectivity index (χ1v) is 11.2. The van der Waals surface area contributed by atoms with Crippen molar-refractivity contribution >= 4 is 11.6 Å². The van der Waals surface area contributed by atoms with E-state index >= 15 is 0 Å². The van der Waals surface area contributed by atoms with E-state index in [2.05, 4.69) is 20.2 Å². The predicted octanol–water partition coefficient (Wildman–Crippen LogP) is 5.55. The van der Waals surface area contributed by atoms with E-state index in [9.17, 15) is 13.2 Å². The lowest BCUT2D eigenvalue weighted by molar-refractivity contribution is -0.177. The Morgan fingerprint density at radius 3 is 2.72 bits per heavy atom. The van der Waals surface area contributed by atoms with Crippen LogP contribution in [0.1, 0.15) is 11.5 Å².